The van der Waals surface area contributed by atoms with Gasteiger partial charge in [0.1, 0.15) is 0 Å². The van der Waals surface area contributed by atoms with Gasteiger partial charge in [0.15, 0.2) is 17.4 Å². The van der Waals surface area contributed by atoms with Crippen LogP contribution in [0.3, 0.4) is 0 Å². The quantitative estimate of drug-likeness (QED) is 0.510. The highest BCUT2D eigenvalue weighted by molar-refractivity contribution is 5.99. The number of hydrogen-bond donors (Lipinski definition) is 1. The third-order valence-electron chi connectivity index (χ3n) is 5.26. The summed E-state index contributed by atoms with van der Waals surface area (Å²) in [5, 5.41) is 0.905. The van der Waals surface area contributed by atoms with Crippen molar-refractivity contribution in [2.24, 2.45) is 5.92 Å². The molecule has 0 aliphatic carbocycles. The molecule has 0 spiro atoms. The molecule has 7 heteroatoms. The Morgan fingerprint density at radius 1 is 0.967 bits per heavy atom. The molecular formula is C23H23NO6. The zero-order chi connectivity index (χ0) is 21.5. The summed E-state index contributed by atoms with van der Waals surface area (Å²) in [7, 11) is 3.08. The predicted molar refractivity (Wildman–Crippen MR) is 109 cm³/mol. The first kappa shape index (κ1) is 19.8. The molecule has 1 aromatic heterocycles. The molecule has 1 aliphatic heterocycles. The molecule has 4 rings (SSSR count). The molecule has 0 saturated carbocycles. The largest absolute Gasteiger partial charge is 0.493 e. The van der Waals surface area contributed by atoms with E-state index in [0.29, 0.717) is 17.1 Å². The number of carbonyl (C=O) groups excluding carboxylic acids is 2. The first-order chi connectivity index (χ1) is 14.3. The van der Waals surface area contributed by atoms with Crippen molar-refractivity contribution in [2.75, 3.05) is 14.2 Å². The minimum absolute atomic E-state index is 0.498. The van der Waals surface area contributed by atoms with Gasteiger partial charge in [-0.05, 0) is 29.3 Å². The summed E-state index contributed by atoms with van der Waals surface area (Å²) in [6.07, 6.45) is 1.81. The number of hydrogen-bond acceptors (Lipinski definition) is 6. The molecule has 7 nitrogen and oxygen atoms in total. The number of H-pyrrole nitrogens is 1. The van der Waals surface area contributed by atoms with Gasteiger partial charge in [0.2, 0.25) is 0 Å². The van der Waals surface area contributed by atoms with Crippen LogP contribution in [0.1, 0.15) is 30.9 Å². The first-order valence-corrected chi connectivity index (χ1v) is 9.58. The van der Waals surface area contributed by atoms with Crippen molar-refractivity contribution in [1.82, 2.24) is 4.98 Å². The molecule has 0 bridgehead atoms. The average Bonchev–Trinajstić information content (AvgIpc) is 3.13. The lowest BCUT2D eigenvalue weighted by Gasteiger charge is -2.36. The number of benzene rings is 2. The minimum Gasteiger partial charge on any atom is -0.493 e. The number of methoxy groups -OCH3 is 2. The number of fused-ring (bicyclic) bond motifs is 1. The number of aromatic amines is 1. The summed E-state index contributed by atoms with van der Waals surface area (Å²) in [5.74, 6) is -3.30. The summed E-state index contributed by atoms with van der Waals surface area (Å²) >= 11 is 0. The summed E-state index contributed by atoms with van der Waals surface area (Å²) in [4.78, 5) is 29.1. The maximum atomic E-state index is 13.0. The minimum atomic E-state index is -1.30. The van der Waals surface area contributed by atoms with Crippen LogP contribution in [-0.2, 0) is 19.1 Å². The Kier molecular flexibility index (Phi) is 4.89. The van der Waals surface area contributed by atoms with Crippen molar-refractivity contribution >= 4 is 22.8 Å². The molecule has 0 unspecified atom stereocenters. The van der Waals surface area contributed by atoms with E-state index in [9.17, 15) is 9.59 Å². The second kappa shape index (κ2) is 7.40. The van der Waals surface area contributed by atoms with E-state index in [1.54, 1.807) is 19.2 Å². The smallest absolute Gasteiger partial charge is 0.324 e. The molecule has 1 atom stereocenters. The van der Waals surface area contributed by atoms with Crippen molar-refractivity contribution in [1.29, 1.82) is 0 Å². The maximum Gasteiger partial charge on any atom is 0.324 e. The third-order valence-corrected chi connectivity index (χ3v) is 5.26. The van der Waals surface area contributed by atoms with Gasteiger partial charge in [-0.3, -0.25) is 9.59 Å². The van der Waals surface area contributed by atoms with Gasteiger partial charge in [-0.15, -0.1) is 0 Å². The molecule has 2 heterocycles. The monoisotopic (exact) mass is 409 g/mol. The highest BCUT2D eigenvalue weighted by Crippen LogP contribution is 2.42. The Morgan fingerprint density at radius 2 is 1.63 bits per heavy atom. The molecule has 30 heavy (non-hydrogen) atoms. The second-order valence-corrected chi connectivity index (χ2v) is 7.60. The molecule has 1 saturated heterocycles. The molecule has 0 radical (unpaired) electrons. The Labute approximate surface area is 173 Å². The Balaban J connectivity index is 1.90. The zero-order valence-electron chi connectivity index (χ0n) is 17.2. The van der Waals surface area contributed by atoms with E-state index in [2.05, 4.69) is 4.98 Å². The van der Waals surface area contributed by atoms with E-state index in [4.69, 9.17) is 18.9 Å². The lowest BCUT2D eigenvalue weighted by Crippen LogP contribution is -2.48. The Hall–Kier alpha value is -3.48. The maximum absolute atomic E-state index is 13.0. The van der Waals surface area contributed by atoms with Crippen molar-refractivity contribution in [2.45, 2.75) is 25.6 Å². The number of carbonyl (C=O) groups is 2. The molecular weight excluding hydrogens is 386 g/mol. The van der Waals surface area contributed by atoms with E-state index >= 15 is 0 Å². The molecule has 3 aromatic rings. The lowest BCUT2D eigenvalue weighted by molar-refractivity contribution is -0.240. The standard InChI is InChI=1S/C23H23NO6/c1-23(2)29-21(25)20(22(26)30-23)19(13-9-10-17(27-3)18(11-13)28-4)15-12-24-16-8-6-5-7-14(15)16/h5-12,19-20,24H,1-4H3/t19-/m0/s1. The number of ether oxygens (including phenoxy) is 4. The van der Waals surface area contributed by atoms with Crippen molar-refractivity contribution in [3.63, 3.8) is 0 Å². The van der Waals surface area contributed by atoms with Gasteiger partial charge in [0.05, 0.1) is 14.2 Å². The molecule has 1 fully saturated rings. The van der Waals surface area contributed by atoms with Crippen LogP contribution in [-0.4, -0.2) is 36.9 Å². The number of esters is 2. The topological polar surface area (TPSA) is 86.9 Å². The molecule has 156 valence electrons. The van der Waals surface area contributed by atoms with Crippen LogP contribution in [0.5, 0.6) is 11.5 Å². The van der Waals surface area contributed by atoms with E-state index in [1.807, 2.05) is 36.5 Å². The summed E-state index contributed by atoms with van der Waals surface area (Å²) in [6.45, 7) is 3.08. The van der Waals surface area contributed by atoms with Crippen LogP contribution >= 0.6 is 0 Å². The number of rotatable bonds is 5. The fraction of sp³-hybridized carbons (Fsp3) is 0.304. The highest BCUT2D eigenvalue weighted by Gasteiger charge is 2.48. The Bertz CT molecular complexity index is 1100. The normalized spacial score (nSPS) is 17.3. The van der Waals surface area contributed by atoms with Gasteiger partial charge in [-0.1, -0.05) is 24.3 Å². The Morgan fingerprint density at radius 3 is 2.30 bits per heavy atom. The fourth-order valence-electron chi connectivity index (χ4n) is 3.95. The van der Waals surface area contributed by atoms with Crippen LogP contribution in [0, 0.1) is 5.92 Å². The van der Waals surface area contributed by atoms with Crippen molar-refractivity contribution in [3.05, 3.63) is 59.8 Å². The number of para-hydroxylation sites is 1. The van der Waals surface area contributed by atoms with Gasteiger partial charge in [0, 0.05) is 36.9 Å². The molecule has 1 aliphatic rings. The van der Waals surface area contributed by atoms with Gasteiger partial charge in [0.25, 0.3) is 5.79 Å². The third kappa shape index (κ3) is 3.36. The van der Waals surface area contributed by atoms with Crippen LogP contribution in [0.2, 0.25) is 0 Å². The number of aromatic nitrogens is 1. The van der Waals surface area contributed by atoms with Gasteiger partial charge < -0.3 is 23.9 Å². The second-order valence-electron chi connectivity index (χ2n) is 7.60. The van der Waals surface area contributed by atoms with Crippen molar-refractivity contribution in [3.8, 4) is 11.5 Å². The summed E-state index contributed by atoms with van der Waals surface area (Å²) in [5.41, 5.74) is 2.39. The highest BCUT2D eigenvalue weighted by atomic mass is 16.7. The van der Waals surface area contributed by atoms with E-state index < -0.39 is 29.6 Å². The van der Waals surface area contributed by atoms with Gasteiger partial charge >= 0.3 is 11.9 Å². The van der Waals surface area contributed by atoms with Gasteiger partial charge in [-0.25, -0.2) is 0 Å². The molecule has 2 aromatic carbocycles. The summed E-state index contributed by atoms with van der Waals surface area (Å²) in [6, 6.07) is 13.0. The predicted octanol–water partition coefficient (Wildman–Crippen LogP) is 3.77. The van der Waals surface area contributed by atoms with E-state index in [0.717, 1.165) is 16.5 Å². The summed E-state index contributed by atoms with van der Waals surface area (Å²) < 4.78 is 21.6. The lowest BCUT2D eigenvalue weighted by atomic mass is 9.80. The van der Waals surface area contributed by atoms with E-state index in [-0.39, 0.29) is 0 Å². The SMILES string of the molecule is COc1ccc([C@@H](c2c[nH]c3ccccc23)C2C(=O)OC(C)(C)OC2=O)cc1OC. The van der Waals surface area contributed by atoms with Crippen LogP contribution < -0.4 is 9.47 Å². The van der Waals surface area contributed by atoms with E-state index in [1.165, 1.54) is 21.0 Å². The van der Waals surface area contributed by atoms with Gasteiger partial charge in [-0.2, -0.15) is 0 Å². The average molecular weight is 409 g/mol. The van der Waals surface area contributed by atoms with Crippen LogP contribution in [0.4, 0.5) is 0 Å². The number of nitrogens with one attached hydrogen (secondary N) is 1. The fourth-order valence-corrected chi connectivity index (χ4v) is 3.95. The first-order valence-electron chi connectivity index (χ1n) is 9.58. The van der Waals surface area contributed by atoms with Crippen LogP contribution in [0.25, 0.3) is 10.9 Å². The van der Waals surface area contributed by atoms with Crippen molar-refractivity contribution < 1.29 is 28.5 Å². The zero-order valence-corrected chi connectivity index (χ0v) is 17.2. The van der Waals surface area contributed by atoms with Crippen LogP contribution in [0.15, 0.2) is 48.7 Å². The molecule has 1 N–H and O–H groups in total. The number of cyclic esters (lactones) is 2. The molecule has 0 amide bonds.